The van der Waals surface area contributed by atoms with Gasteiger partial charge in [0.1, 0.15) is 6.04 Å². The summed E-state index contributed by atoms with van der Waals surface area (Å²) >= 11 is 3.49. The monoisotopic (exact) mass is 338 g/mol. The summed E-state index contributed by atoms with van der Waals surface area (Å²) in [7, 11) is 0. The number of carbonyl (C=O) groups is 1. The molecule has 1 aromatic carbocycles. The lowest BCUT2D eigenvalue weighted by molar-refractivity contribution is -0.122. The molecule has 110 valence electrons. The van der Waals surface area contributed by atoms with Gasteiger partial charge in [-0.15, -0.1) is 0 Å². The van der Waals surface area contributed by atoms with Gasteiger partial charge < -0.3 is 10.6 Å². The van der Waals surface area contributed by atoms with Gasteiger partial charge in [-0.25, -0.2) is 0 Å². The molecule has 1 unspecified atom stereocenters. The number of carbonyl (C=O) groups excluding carboxylic acids is 1. The Morgan fingerprint density at radius 1 is 1.25 bits per heavy atom. The summed E-state index contributed by atoms with van der Waals surface area (Å²) in [5.41, 5.74) is 3.36. The molecule has 4 heteroatoms. The third-order valence-corrected chi connectivity index (χ3v) is 4.41. The zero-order chi connectivity index (χ0) is 14.7. The first-order valence-electron chi connectivity index (χ1n) is 7.31. The number of aryl methyl sites for hydroxylation is 2. The summed E-state index contributed by atoms with van der Waals surface area (Å²) < 4.78 is 1.07. The number of benzene rings is 1. The Morgan fingerprint density at radius 2 is 1.80 bits per heavy atom. The smallest absolute Gasteiger partial charge is 0.242 e. The molecular weight excluding hydrogens is 316 g/mol. The fourth-order valence-electron chi connectivity index (χ4n) is 2.82. The summed E-state index contributed by atoms with van der Waals surface area (Å²) in [4.78, 5) is 12.2. The molecule has 0 aliphatic heterocycles. The SMILES string of the molecule is Cc1cc(Br)cc(C)c1NC(C)C(=O)NC1CCCC1. The van der Waals surface area contributed by atoms with Crippen LogP contribution < -0.4 is 10.6 Å². The molecule has 1 amide bonds. The van der Waals surface area contributed by atoms with E-state index in [1.165, 1.54) is 12.8 Å². The second kappa shape index (κ2) is 6.61. The van der Waals surface area contributed by atoms with Crippen molar-refractivity contribution in [2.24, 2.45) is 0 Å². The lowest BCUT2D eigenvalue weighted by Crippen LogP contribution is -2.42. The number of anilines is 1. The van der Waals surface area contributed by atoms with Crippen LogP contribution in [0, 0.1) is 13.8 Å². The van der Waals surface area contributed by atoms with Crippen LogP contribution in [0.3, 0.4) is 0 Å². The number of hydrogen-bond donors (Lipinski definition) is 2. The molecular formula is C16H23BrN2O. The predicted octanol–water partition coefficient (Wildman–Crippen LogP) is 3.93. The average Bonchev–Trinajstić information content (AvgIpc) is 2.86. The van der Waals surface area contributed by atoms with E-state index in [1.54, 1.807) is 0 Å². The number of rotatable bonds is 4. The van der Waals surface area contributed by atoms with E-state index >= 15 is 0 Å². The lowest BCUT2D eigenvalue weighted by Gasteiger charge is -2.21. The standard InChI is InChI=1S/C16H23BrN2O/c1-10-8-13(17)9-11(2)15(10)18-12(3)16(20)19-14-6-4-5-7-14/h8-9,12,14,18H,4-7H2,1-3H3,(H,19,20). The molecule has 1 aliphatic rings. The van der Waals surface area contributed by atoms with Crippen molar-refractivity contribution in [2.45, 2.75) is 58.5 Å². The molecule has 0 spiro atoms. The van der Waals surface area contributed by atoms with Gasteiger partial charge in [-0.3, -0.25) is 4.79 Å². The summed E-state index contributed by atoms with van der Waals surface area (Å²) in [6.45, 7) is 6.04. The van der Waals surface area contributed by atoms with Crippen LogP contribution in [0.25, 0.3) is 0 Å². The first kappa shape index (κ1) is 15.4. The Morgan fingerprint density at radius 3 is 2.35 bits per heavy atom. The number of amides is 1. The summed E-state index contributed by atoms with van der Waals surface area (Å²) in [6, 6.07) is 4.29. The van der Waals surface area contributed by atoms with Crippen LogP contribution in [0.2, 0.25) is 0 Å². The van der Waals surface area contributed by atoms with E-state index in [2.05, 4.69) is 52.5 Å². The van der Waals surface area contributed by atoms with Crippen LogP contribution in [-0.4, -0.2) is 18.0 Å². The topological polar surface area (TPSA) is 41.1 Å². The van der Waals surface area contributed by atoms with Gasteiger partial charge in [0.15, 0.2) is 0 Å². The van der Waals surface area contributed by atoms with Crippen molar-refractivity contribution in [1.29, 1.82) is 0 Å². The van der Waals surface area contributed by atoms with Crippen molar-refractivity contribution >= 4 is 27.5 Å². The minimum absolute atomic E-state index is 0.0959. The molecule has 1 saturated carbocycles. The van der Waals surface area contributed by atoms with E-state index in [0.29, 0.717) is 6.04 Å². The fourth-order valence-corrected chi connectivity index (χ4v) is 3.50. The van der Waals surface area contributed by atoms with Gasteiger partial charge in [0.05, 0.1) is 0 Å². The van der Waals surface area contributed by atoms with Gasteiger partial charge >= 0.3 is 0 Å². The molecule has 1 aliphatic carbocycles. The highest BCUT2D eigenvalue weighted by Gasteiger charge is 2.21. The predicted molar refractivity (Wildman–Crippen MR) is 87.1 cm³/mol. The largest absolute Gasteiger partial charge is 0.373 e. The third kappa shape index (κ3) is 3.75. The maximum Gasteiger partial charge on any atom is 0.242 e. The first-order chi connectivity index (χ1) is 9.47. The van der Waals surface area contributed by atoms with Gasteiger partial charge in [-0.1, -0.05) is 28.8 Å². The van der Waals surface area contributed by atoms with Crippen LogP contribution in [0.1, 0.15) is 43.7 Å². The number of halogens is 1. The minimum atomic E-state index is -0.214. The summed E-state index contributed by atoms with van der Waals surface area (Å²) in [6.07, 6.45) is 4.71. The minimum Gasteiger partial charge on any atom is -0.373 e. The molecule has 1 atom stereocenters. The molecule has 0 heterocycles. The third-order valence-electron chi connectivity index (χ3n) is 3.95. The van der Waals surface area contributed by atoms with Gasteiger partial charge in [-0.05, 0) is 56.9 Å². The highest BCUT2D eigenvalue weighted by atomic mass is 79.9. The molecule has 20 heavy (non-hydrogen) atoms. The molecule has 2 rings (SSSR count). The van der Waals surface area contributed by atoms with Crippen LogP contribution in [0.4, 0.5) is 5.69 Å². The van der Waals surface area contributed by atoms with E-state index in [0.717, 1.165) is 34.1 Å². The zero-order valence-corrected chi connectivity index (χ0v) is 14.0. The van der Waals surface area contributed by atoms with E-state index in [1.807, 2.05) is 6.92 Å². The van der Waals surface area contributed by atoms with E-state index in [-0.39, 0.29) is 11.9 Å². The maximum atomic E-state index is 12.2. The van der Waals surface area contributed by atoms with Crippen molar-refractivity contribution in [1.82, 2.24) is 5.32 Å². The second-order valence-corrected chi connectivity index (χ2v) is 6.69. The molecule has 1 aromatic rings. The zero-order valence-electron chi connectivity index (χ0n) is 12.4. The highest BCUT2D eigenvalue weighted by Crippen LogP contribution is 2.26. The van der Waals surface area contributed by atoms with Crippen molar-refractivity contribution in [3.63, 3.8) is 0 Å². The van der Waals surface area contributed by atoms with Crippen LogP contribution in [0.15, 0.2) is 16.6 Å². The Hall–Kier alpha value is -1.03. The van der Waals surface area contributed by atoms with E-state index in [4.69, 9.17) is 0 Å². The molecule has 0 bridgehead atoms. The Bertz CT molecular complexity index is 472. The first-order valence-corrected chi connectivity index (χ1v) is 8.10. The van der Waals surface area contributed by atoms with Gasteiger partial charge in [0.25, 0.3) is 0 Å². The van der Waals surface area contributed by atoms with Crippen LogP contribution in [-0.2, 0) is 4.79 Å². The summed E-state index contributed by atoms with van der Waals surface area (Å²) in [5.74, 6) is 0.0959. The number of hydrogen-bond acceptors (Lipinski definition) is 2. The van der Waals surface area contributed by atoms with E-state index in [9.17, 15) is 4.79 Å². The quantitative estimate of drug-likeness (QED) is 0.873. The summed E-state index contributed by atoms with van der Waals surface area (Å²) in [5, 5.41) is 6.48. The van der Waals surface area contributed by atoms with Crippen molar-refractivity contribution < 1.29 is 4.79 Å². The van der Waals surface area contributed by atoms with Crippen molar-refractivity contribution in [3.8, 4) is 0 Å². The highest BCUT2D eigenvalue weighted by molar-refractivity contribution is 9.10. The van der Waals surface area contributed by atoms with Crippen molar-refractivity contribution in [2.75, 3.05) is 5.32 Å². The maximum absolute atomic E-state index is 12.2. The molecule has 0 radical (unpaired) electrons. The van der Waals surface area contributed by atoms with Gasteiger partial charge in [0, 0.05) is 16.2 Å². The van der Waals surface area contributed by atoms with Crippen LogP contribution in [0.5, 0.6) is 0 Å². The fraction of sp³-hybridized carbons (Fsp3) is 0.562. The average molecular weight is 339 g/mol. The Balaban J connectivity index is 2.00. The van der Waals surface area contributed by atoms with Gasteiger partial charge in [0.2, 0.25) is 5.91 Å². The molecule has 1 fully saturated rings. The van der Waals surface area contributed by atoms with Gasteiger partial charge in [-0.2, -0.15) is 0 Å². The second-order valence-electron chi connectivity index (χ2n) is 5.77. The molecule has 3 nitrogen and oxygen atoms in total. The normalized spacial score (nSPS) is 17.0. The van der Waals surface area contributed by atoms with Crippen LogP contribution >= 0.6 is 15.9 Å². The number of nitrogens with one attached hydrogen (secondary N) is 2. The lowest BCUT2D eigenvalue weighted by atomic mass is 10.1. The Labute approximate surface area is 129 Å². The van der Waals surface area contributed by atoms with E-state index < -0.39 is 0 Å². The molecule has 0 saturated heterocycles. The Kier molecular flexibility index (Phi) is 5.08. The molecule has 0 aromatic heterocycles. The van der Waals surface area contributed by atoms with Crippen molar-refractivity contribution in [3.05, 3.63) is 27.7 Å². The molecule has 2 N–H and O–H groups in total.